The number of hydrogen-bond donors (Lipinski definition) is 1. The van der Waals surface area contributed by atoms with Gasteiger partial charge >= 0.3 is 0 Å². The highest BCUT2D eigenvalue weighted by atomic mass is 16.5. The maximum Gasteiger partial charge on any atom is 0.0892 e. The van der Waals surface area contributed by atoms with Gasteiger partial charge in [0.2, 0.25) is 0 Å². The second kappa shape index (κ2) is 10.7. The van der Waals surface area contributed by atoms with E-state index >= 15 is 0 Å². The first-order valence-electron chi connectivity index (χ1n) is 12.5. The van der Waals surface area contributed by atoms with Crippen molar-refractivity contribution >= 4 is 5.69 Å². The quantitative estimate of drug-likeness (QED) is 0.634. The van der Waals surface area contributed by atoms with Crippen molar-refractivity contribution in [1.82, 2.24) is 4.90 Å². The van der Waals surface area contributed by atoms with Gasteiger partial charge < -0.3 is 15.0 Å². The predicted octanol–water partition coefficient (Wildman–Crippen LogP) is 6.24. The van der Waals surface area contributed by atoms with Gasteiger partial charge in [-0.05, 0) is 69.7 Å². The molecule has 168 valence electrons. The number of piperidine rings is 1. The molecule has 0 saturated carbocycles. The predicted molar refractivity (Wildman–Crippen MR) is 131 cm³/mol. The standard InChI is InChI=1S/C26H34N2O.C2H6/c1-19-9-10-24-23(18-19)26-22(8-5-17-29-26)25(27-24)21-12-15-28(16-13-21)14-11-20-6-3-2-4-7-20;1-2/h2-4,6-7,9-10,18,21-22,25-27H,5,8,11-17H2,1H3;1-2H3. The van der Waals surface area contributed by atoms with Gasteiger partial charge in [0.25, 0.3) is 0 Å². The molecule has 0 bridgehead atoms. The third-order valence-electron chi connectivity index (χ3n) is 7.36. The maximum atomic E-state index is 6.34. The number of aryl methyl sites for hydroxylation is 1. The Balaban J connectivity index is 0.00000112. The zero-order valence-corrected chi connectivity index (χ0v) is 19.6. The molecule has 0 spiro atoms. The van der Waals surface area contributed by atoms with E-state index in [0.717, 1.165) is 12.5 Å². The average Bonchev–Trinajstić information content (AvgIpc) is 2.85. The SMILES string of the molecule is CC.Cc1ccc2c(c1)C1OCCCC1C(C1CCN(CCc3ccccc3)CC1)N2. The number of benzene rings is 2. The van der Waals surface area contributed by atoms with Crippen molar-refractivity contribution in [2.75, 3.05) is 31.6 Å². The zero-order chi connectivity index (χ0) is 21.6. The summed E-state index contributed by atoms with van der Waals surface area (Å²) < 4.78 is 6.34. The van der Waals surface area contributed by atoms with Crippen LogP contribution in [-0.4, -0.2) is 37.2 Å². The first-order chi connectivity index (χ1) is 15.3. The van der Waals surface area contributed by atoms with Crippen LogP contribution in [0.25, 0.3) is 0 Å². The molecule has 2 fully saturated rings. The van der Waals surface area contributed by atoms with Crippen molar-refractivity contribution in [2.24, 2.45) is 11.8 Å². The molecule has 3 heterocycles. The van der Waals surface area contributed by atoms with Crippen molar-refractivity contribution in [2.45, 2.75) is 65.0 Å². The van der Waals surface area contributed by atoms with E-state index in [2.05, 4.69) is 65.7 Å². The molecular weight excluding hydrogens is 380 g/mol. The summed E-state index contributed by atoms with van der Waals surface area (Å²) in [5.41, 5.74) is 5.50. The van der Waals surface area contributed by atoms with E-state index in [1.165, 1.54) is 74.1 Å². The second-order valence-corrected chi connectivity index (χ2v) is 9.27. The van der Waals surface area contributed by atoms with E-state index in [1.54, 1.807) is 0 Å². The van der Waals surface area contributed by atoms with Crippen LogP contribution in [0.1, 0.15) is 62.3 Å². The third-order valence-corrected chi connectivity index (χ3v) is 7.36. The number of anilines is 1. The number of hydrogen-bond acceptors (Lipinski definition) is 3. The number of ether oxygens (including phenoxy) is 1. The molecule has 5 rings (SSSR count). The average molecular weight is 421 g/mol. The minimum Gasteiger partial charge on any atom is -0.381 e. The molecule has 2 aromatic carbocycles. The number of nitrogens with one attached hydrogen (secondary N) is 1. The smallest absolute Gasteiger partial charge is 0.0892 e. The third kappa shape index (κ3) is 5.15. The van der Waals surface area contributed by atoms with Gasteiger partial charge in [-0.15, -0.1) is 0 Å². The highest BCUT2D eigenvalue weighted by Gasteiger charge is 2.42. The summed E-state index contributed by atoms with van der Waals surface area (Å²) in [6.45, 7) is 10.8. The Morgan fingerprint density at radius 2 is 1.77 bits per heavy atom. The summed E-state index contributed by atoms with van der Waals surface area (Å²) in [5, 5.41) is 3.97. The molecule has 3 atom stereocenters. The van der Waals surface area contributed by atoms with Crippen molar-refractivity contribution in [3.63, 3.8) is 0 Å². The van der Waals surface area contributed by atoms with Crippen LogP contribution >= 0.6 is 0 Å². The monoisotopic (exact) mass is 420 g/mol. The maximum absolute atomic E-state index is 6.34. The van der Waals surface area contributed by atoms with Crippen molar-refractivity contribution in [3.8, 4) is 0 Å². The molecular formula is C28H40N2O. The lowest BCUT2D eigenvalue weighted by Gasteiger charge is -2.48. The lowest BCUT2D eigenvalue weighted by atomic mass is 9.72. The van der Waals surface area contributed by atoms with E-state index in [4.69, 9.17) is 4.74 Å². The second-order valence-electron chi connectivity index (χ2n) is 9.27. The van der Waals surface area contributed by atoms with Crippen LogP contribution in [0.4, 0.5) is 5.69 Å². The van der Waals surface area contributed by atoms with Gasteiger partial charge in [0.15, 0.2) is 0 Å². The number of likely N-dealkylation sites (tertiary alicyclic amines) is 1. The summed E-state index contributed by atoms with van der Waals surface area (Å²) in [4.78, 5) is 2.67. The van der Waals surface area contributed by atoms with E-state index in [0.29, 0.717) is 18.1 Å². The molecule has 2 aromatic rings. The fourth-order valence-electron chi connectivity index (χ4n) is 5.76. The van der Waals surface area contributed by atoms with Gasteiger partial charge in [-0.2, -0.15) is 0 Å². The molecule has 1 N–H and O–H groups in total. The van der Waals surface area contributed by atoms with Gasteiger partial charge in [-0.1, -0.05) is 61.9 Å². The van der Waals surface area contributed by atoms with Gasteiger partial charge in [-0.25, -0.2) is 0 Å². The van der Waals surface area contributed by atoms with Crippen molar-refractivity contribution in [3.05, 3.63) is 65.2 Å². The van der Waals surface area contributed by atoms with E-state index in [1.807, 2.05) is 13.8 Å². The highest BCUT2D eigenvalue weighted by molar-refractivity contribution is 5.57. The summed E-state index contributed by atoms with van der Waals surface area (Å²) in [6, 6.07) is 18.3. The molecule has 0 aliphatic carbocycles. The molecule has 2 saturated heterocycles. The van der Waals surface area contributed by atoms with Crippen LogP contribution in [0.15, 0.2) is 48.5 Å². The first-order valence-corrected chi connectivity index (χ1v) is 12.5. The van der Waals surface area contributed by atoms with Crippen LogP contribution in [0, 0.1) is 18.8 Å². The lowest BCUT2D eigenvalue weighted by molar-refractivity contribution is -0.0472. The fraction of sp³-hybridized carbons (Fsp3) is 0.571. The number of fused-ring (bicyclic) bond motifs is 3. The van der Waals surface area contributed by atoms with Gasteiger partial charge in [-0.3, -0.25) is 0 Å². The first kappa shape index (κ1) is 22.4. The van der Waals surface area contributed by atoms with Crippen LogP contribution in [0.5, 0.6) is 0 Å². The largest absolute Gasteiger partial charge is 0.381 e. The van der Waals surface area contributed by atoms with Crippen LogP contribution in [0.3, 0.4) is 0 Å². The van der Waals surface area contributed by atoms with Crippen LogP contribution < -0.4 is 5.32 Å². The van der Waals surface area contributed by atoms with E-state index in [9.17, 15) is 0 Å². The lowest BCUT2D eigenvalue weighted by Crippen LogP contribution is -2.49. The summed E-state index contributed by atoms with van der Waals surface area (Å²) >= 11 is 0. The Bertz CT molecular complexity index is 813. The molecule has 3 nitrogen and oxygen atoms in total. The normalized spacial score (nSPS) is 26.1. The molecule has 3 aliphatic heterocycles. The van der Waals surface area contributed by atoms with Crippen LogP contribution in [-0.2, 0) is 11.2 Å². The summed E-state index contributed by atoms with van der Waals surface area (Å²) in [7, 11) is 0. The minimum atomic E-state index is 0.293. The number of rotatable bonds is 4. The van der Waals surface area contributed by atoms with Gasteiger partial charge in [0, 0.05) is 36.4 Å². The topological polar surface area (TPSA) is 24.5 Å². The van der Waals surface area contributed by atoms with Gasteiger partial charge in [0.05, 0.1) is 6.10 Å². The molecule has 0 amide bonds. The Morgan fingerprint density at radius 3 is 2.55 bits per heavy atom. The molecule has 31 heavy (non-hydrogen) atoms. The Kier molecular flexibility index (Phi) is 7.68. The fourth-order valence-corrected chi connectivity index (χ4v) is 5.76. The van der Waals surface area contributed by atoms with E-state index < -0.39 is 0 Å². The number of nitrogens with zero attached hydrogens (tertiary/aromatic N) is 1. The van der Waals surface area contributed by atoms with Crippen molar-refractivity contribution < 1.29 is 4.74 Å². The molecule has 0 aromatic heterocycles. The van der Waals surface area contributed by atoms with Crippen LogP contribution in [0.2, 0.25) is 0 Å². The van der Waals surface area contributed by atoms with E-state index in [-0.39, 0.29) is 0 Å². The molecule has 3 unspecified atom stereocenters. The zero-order valence-electron chi connectivity index (χ0n) is 19.6. The summed E-state index contributed by atoms with van der Waals surface area (Å²) in [6.07, 6.45) is 6.56. The minimum absolute atomic E-state index is 0.293. The van der Waals surface area contributed by atoms with Crippen molar-refractivity contribution in [1.29, 1.82) is 0 Å². The Labute approximate surface area is 189 Å². The molecule has 3 heteroatoms. The Hall–Kier alpha value is -1.84. The summed E-state index contributed by atoms with van der Waals surface area (Å²) in [5.74, 6) is 1.38. The highest BCUT2D eigenvalue weighted by Crippen LogP contribution is 2.47. The Morgan fingerprint density at radius 1 is 1.00 bits per heavy atom. The molecule has 0 radical (unpaired) electrons. The van der Waals surface area contributed by atoms with Gasteiger partial charge in [0.1, 0.15) is 0 Å². The molecule has 3 aliphatic rings.